The lowest BCUT2D eigenvalue weighted by molar-refractivity contribution is 0.0776. The number of nitrogens with one attached hydrogen (secondary N) is 2. The third kappa shape index (κ3) is 7.59. The number of urea groups is 1. The molecule has 0 aliphatic carbocycles. The van der Waals surface area contributed by atoms with Crippen molar-refractivity contribution in [2.75, 3.05) is 19.7 Å². The lowest BCUT2D eigenvalue weighted by atomic mass is 10.4. The molecule has 0 bridgehead atoms. The average molecular weight is 188 g/mol. The molecule has 0 heterocycles. The second kappa shape index (κ2) is 7.86. The van der Waals surface area contributed by atoms with E-state index in [-0.39, 0.29) is 12.1 Å². The Morgan fingerprint density at radius 1 is 1.38 bits per heavy atom. The predicted octanol–water partition coefficient (Wildman–Crippen LogP) is 1.12. The van der Waals surface area contributed by atoms with Crippen molar-refractivity contribution >= 4 is 6.03 Å². The summed E-state index contributed by atoms with van der Waals surface area (Å²) in [6, 6.07) is -0.117. The molecule has 4 heteroatoms. The topological polar surface area (TPSA) is 50.4 Å². The van der Waals surface area contributed by atoms with E-state index in [0.29, 0.717) is 13.2 Å². The number of rotatable bonds is 6. The van der Waals surface area contributed by atoms with Crippen LogP contribution < -0.4 is 10.6 Å². The second-order valence-corrected chi connectivity index (χ2v) is 2.90. The predicted molar refractivity (Wildman–Crippen MR) is 52.8 cm³/mol. The Morgan fingerprint density at radius 2 is 2.08 bits per heavy atom. The normalized spacial score (nSPS) is 12.2. The molecular formula is C9H20N2O2. The van der Waals surface area contributed by atoms with Gasteiger partial charge in [-0.2, -0.15) is 0 Å². The van der Waals surface area contributed by atoms with Crippen molar-refractivity contribution in [2.24, 2.45) is 0 Å². The van der Waals surface area contributed by atoms with E-state index >= 15 is 0 Å². The zero-order chi connectivity index (χ0) is 10.1. The molecule has 4 nitrogen and oxygen atoms in total. The monoisotopic (exact) mass is 188 g/mol. The molecule has 0 aromatic rings. The molecule has 0 rings (SSSR count). The maximum atomic E-state index is 11.0. The van der Waals surface area contributed by atoms with Crippen LogP contribution in [0, 0.1) is 0 Å². The van der Waals surface area contributed by atoms with Crippen molar-refractivity contribution in [1.29, 1.82) is 0 Å². The van der Waals surface area contributed by atoms with E-state index in [2.05, 4.69) is 10.6 Å². The van der Waals surface area contributed by atoms with E-state index in [1.165, 1.54) is 0 Å². The van der Waals surface area contributed by atoms with Gasteiger partial charge in [-0.1, -0.05) is 6.92 Å². The van der Waals surface area contributed by atoms with Gasteiger partial charge in [0, 0.05) is 19.7 Å². The lowest BCUT2D eigenvalue weighted by Gasteiger charge is -2.12. The van der Waals surface area contributed by atoms with Crippen LogP contribution in [-0.4, -0.2) is 31.8 Å². The summed E-state index contributed by atoms with van der Waals surface area (Å²) in [5.74, 6) is 0. The molecule has 0 aromatic heterocycles. The number of hydrogen-bond donors (Lipinski definition) is 2. The molecule has 2 amide bonds. The SMILES string of the molecule is CCCNC(=O)NCC(C)OCC. The first-order chi connectivity index (χ1) is 6.20. The quantitative estimate of drug-likeness (QED) is 0.656. The smallest absolute Gasteiger partial charge is 0.314 e. The van der Waals surface area contributed by atoms with E-state index in [0.717, 1.165) is 13.0 Å². The molecule has 0 radical (unpaired) electrons. The average Bonchev–Trinajstić information content (AvgIpc) is 2.12. The standard InChI is InChI=1S/C9H20N2O2/c1-4-6-10-9(12)11-7-8(3)13-5-2/h8H,4-7H2,1-3H3,(H2,10,11,12). The lowest BCUT2D eigenvalue weighted by Crippen LogP contribution is -2.39. The van der Waals surface area contributed by atoms with Gasteiger partial charge in [0.15, 0.2) is 0 Å². The van der Waals surface area contributed by atoms with Crippen LogP contribution >= 0.6 is 0 Å². The molecule has 0 aromatic carbocycles. The highest BCUT2D eigenvalue weighted by Crippen LogP contribution is 1.86. The Kier molecular flexibility index (Phi) is 7.39. The van der Waals surface area contributed by atoms with Crippen molar-refractivity contribution in [1.82, 2.24) is 10.6 Å². The van der Waals surface area contributed by atoms with Gasteiger partial charge in [0.05, 0.1) is 6.10 Å². The number of carbonyl (C=O) groups is 1. The first kappa shape index (κ1) is 12.2. The molecule has 0 aliphatic rings. The Bertz CT molecular complexity index is 140. The Morgan fingerprint density at radius 3 is 2.62 bits per heavy atom. The second-order valence-electron chi connectivity index (χ2n) is 2.90. The molecule has 13 heavy (non-hydrogen) atoms. The summed E-state index contributed by atoms with van der Waals surface area (Å²) in [5.41, 5.74) is 0. The highest BCUT2D eigenvalue weighted by molar-refractivity contribution is 5.73. The third-order valence-corrected chi connectivity index (χ3v) is 1.54. The van der Waals surface area contributed by atoms with E-state index in [9.17, 15) is 4.79 Å². The minimum atomic E-state index is -0.117. The van der Waals surface area contributed by atoms with E-state index in [1.807, 2.05) is 20.8 Å². The molecule has 0 saturated heterocycles. The summed E-state index contributed by atoms with van der Waals surface area (Å²) in [6.45, 7) is 7.85. The van der Waals surface area contributed by atoms with Crippen LogP contribution in [0.15, 0.2) is 0 Å². The van der Waals surface area contributed by atoms with Gasteiger partial charge in [-0.05, 0) is 20.3 Å². The number of amides is 2. The third-order valence-electron chi connectivity index (χ3n) is 1.54. The molecule has 1 atom stereocenters. The molecule has 1 unspecified atom stereocenters. The minimum Gasteiger partial charge on any atom is -0.377 e. The summed E-state index contributed by atoms with van der Waals surface area (Å²) in [6.07, 6.45) is 1.03. The molecule has 2 N–H and O–H groups in total. The maximum absolute atomic E-state index is 11.0. The number of ether oxygens (including phenoxy) is 1. The molecule has 0 spiro atoms. The molecule has 78 valence electrons. The zero-order valence-corrected chi connectivity index (χ0v) is 8.72. The van der Waals surface area contributed by atoms with Crippen LogP contribution in [0.4, 0.5) is 4.79 Å². The largest absolute Gasteiger partial charge is 0.377 e. The van der Waals surface area contributed by atoms with Crippen LogP contribution in [0.2, 0.25) is 0 Å². The van der Waals surface area contributed by atoms with Crippen molar-refractivity contribution in [3.05, 3.63) is 0 Å². The molecule has 0 fully saturated rings. The van der Waals surface area contributed by atoms with Gasteiger partial charge in [0.2, 0.25) is 0 Å². The summed E-state index contributed by atoms with van der Waals surface area (Å²) >= 11 is 0. The Labute approximate surface area is 80.0 Å². The summed E-state index contributed by atoms with van der Waals surface area (Å²) in [7, 11) is 0. The van der Waals surface area contributed by atoms with Gasteiger partial charge in [-0.25, -0.2) is 4.79 Å². The van der Waals surface area contributed by atoms with E-state index < -0.39 is 0 Å². The van der Waals surface area contributed by atoms with Crippen LogP contribution in [0.1, 0.15) is 27.2 Å². The molecule has 0 aliphatic heterocycles. The van der Waals surface area contributed by atoms with E-state index in [1.54, 1.807) is 0 Å². The highest BCUT2D eigenvalue weighted by atomic mass is 16.5. The fraction of sp³-hybridized carbons (Fsp3) is 0.889. The number of carbonyl (C=O) groups excluding carboxylic acids is 1. The summed E-state index contributed by atoms with van der Waals surface area (Å²) in [5, 5.41) is 5.45. The van der Waals surface area contributed by atoms with Crippen LogP contribution in [0.5, 0.6) is 0 Å². The minimum absolute atomic E-state index is 0.0809. The Balaban J connectivity index is 3.34. The highest BCUT2D eigenvalue weighted by Gasteiger charge is 2.02. The summed E-state index contributed by atoms with van der Waals surface area (Å²) in [4.78, 5) is 11.0. The van der Waals surface area contributed by atoms with Crippen LogP contribution in [0.3, 0.4) is 0 Å². The zero-order valence-electron chi connectivity index (χ0n) is 8.72. The van der Waals surface area contributed by atoms with E-state index in [4.69, 9.17) is 4.74 Å². The first-order valence-electron chi connectivity index (χ1n) is 4.84. The summed E-state index contributed by atoms with van der Waals surface area (Å²) < 4.78 is 5.25. The van der Waals surface area contributed by atoms with Gasteiger partial charge >= 0.3 is 6.03 Å². The van der Waals surface area contributed by atoms with Crippen LogP contribution in [-0.2, 0) is 4.74 Å². The first-order valence-corrected chi connectivity index (χ1v) is 4.84. The van der Waals surface area contributed by atoms with Gasteiger partial charge in [-0.15, -0.1) is 0 Å². The molecule has 0 saturated carbocycles. The fourth-order valence-electron chi connectivity index (χ4n) is 0.881. The fourth-order valence-corrected chi connectivity index (χ4v) is 0.881. The van der Waals surface area contributed by atoms with Gasteiger partial charge < -0.3 is 15.4 Å². The van der Waals surface area contributed by atoms with Gasteiger partial charge in [0.1, 0.15) is 0 Å². The Hall–Kier alpha value is -0.770. The van der Waals surface area contributed by atoms with Crippen molar-refractivity contribution in [3.63, 3.8) is 0 Å². The van der Waals surface area contributed by atoms with Gasteiger partial charge in [0.25, 0.3) is 0 Å². The van der Waals surface area contributed by atoms with Gasteiger partial charge in [-0.3, -0.25) is 0 Å². The van der Waals surface area contributed by atoms with Crippen molar-refractivity contribution in [3.8, 4) is 0 Å². The number of hydrogen-bond acceptors (Lipinski definition) is 2. The van der Waals surface area contributed by atoms with Crippen molar-refractivity contribution in [2.45, 2.75) is 33.3 Å². The maximum Gasteiger partial charge on any atom is 0.314 e. The molecular weight excluding hydrogens is 168 g/mol. The van der Waals surface area contributed by atoms with Crippen molar-refractivity contribution < 1.29 is 9.53 Å². The van der Waals surface area contributed by atoms with Crippen LogP contribution in [0.25, 0.3) is 0 Å².